The highest BCUT2D eigenvalue weighted by atomic mass is 32.2. The van der Waals surface area contributed by atoms with Crippen molar-refractivity contribution in [2.75, 3.05) is 24.7 Å². The van der Waals surface area contributed by atoms with E-state index in [1.165, 1.54) is 0 Å². The number of para-hydroxylation sites is 2. The summed E-state index contributed by atoms with van der Waals surface area (Å²) in [6, 6.07) is 19.0. The lowest BCUT2D eigenvalue weighted by Crippen LogP contribution is -2.10. The van der Waals surface area contributed by atoms with Gasteiger partial charge in [-0.3, -0.25) is 0 Å². The molecular weight excluding hydrogens is 450 g/mol. The number of esters is 2. The van der Waals surface area contributed by atoms with Crippen LogP contribution in [0.4, 0.5) is 5.69 Å². The first-order valence-electron chi connectivity index (χ1n) is 11.0. The van der Waals surface area contributed by atoms with Gasteiger partial charge in [-0.25, -0.2) is 19.6 Å². The molecule has 0 spiro atoms. The maximum absolute atomic E-state index is 11.9. The van der Waals surface area contributed by atoms with E-state index >= 15 is 0 Å². The van der Waals surface area contributed by atoms with E-state index < -0.39 is 5.97 Å². The molecule has 8 heteroatoms. The highest BCUT2D eigenvalue weighted by molar-refractivity contribution is 7.99. The van der Waals surface area contributed by atoms with E-state index in [9.17, 15) is 9.59 Å². The molecule has 0 saturated heterocycles. The molecule has 0 atom stereocenters. The summed E-state index contributed by atoms with van der Waals surface area (Å²) in [5.41, 5.74) is 8.26. The number of hydrogen-bond acceptors (Lipinski definition) is 8. The van der Waals surface area contributed by atoms with Crippen molar-refractivity contribution in [2.24, 2.45) is 0 Å². The molecule has 0 aliphatic rings. The molecule has 0 aliphatic carbocycles. The number of carbonyl (C=O) groups is 2. The van der Waals surface area contributed by atoms with Crippen LogP contribution in [-0.2, 0) is 9.47 Å². The molecular formula is C26H27N3O4S. The number of pyridine rings is 2. The standard InChI is InChI=1S/C14H15NO2S.C12H12N2O2/c1-3-17-14(16)13-12(18-4-2)9-10-7-5-6-8-11(10)15-13;1-2-16-12(15)11-9(13)7-8-5-3-4-6-10(8)14-11/h5-9H,3-4H2,1-2H3;3-7H,2,13H2,1H3. The number of anilines is 1. The Kier molecular flexibility index (Phi) is 8.81. The summed E-state index contributed by atoms with van der Waals surface area (Å²) < 4.78 is 9.93. The number of ether oxygens (including phenoxy) is 2. The zero-order valence-electron chi connectivity index (χ0n) is 19.4. The molecule has 2 heterocycles. The summed E-state index contributed by atoms with van der Waals surface area (Å²) in [5.74, 6) is 0.0665. The van der Waals surface area contributed by atoms with Crippen molar-refractivity contribution in [3.05, 3.63) is 72.1 Å². The average molecular weight is 478 g/mol. The average Bonchev–Trinajstić information content (AvgIpc) is 2.84. The number of aromatic nitrogens is 2. The lowest BCUT2D eigenvalue weighted by atomic mass is 10.2. The second-order valence-electron chi connectivity index (χ2n) is 7.02. The smallest absolute Gasteiger partial charge is 0.359 e. The Hall–Kier alpha value is -3.65. The number of nitrogens with zero attached hydrogens (tertiary/aromatic N) is 2. The molecule has 34 heavy (non-hydrogen) atoms. The van der Waals surface area contributed by atoms with Gasteiger partial charge in [0.25, 0.3) is 0 Å². The van der Waals surface area contributed by atoms with E-state index in [2.05, 4.69) is 16.9 Å². The van der Waals surface area contributed by atoms with Gasteiger partial charge in [-0.05, 0) is 43.9 Å². The van der Waals surface area contributed by atoms with E-state index in [4.69, 9.17) is 15.2 Å². The van der Waals surface area contributed by atoms with Crippen LogP contribution in [0.2, 0.25) is 0 Å². The highest BCUT2D eigenvalue weighted by Gasteiger charge is 2.16. The van der Waals surface area contributed by atoms with Crippen LogP contribution in [0, 0.1) is 0 Å². The van der Waals surface area contributed by atoms with Crippen LogP contribution >= 0.6 is 11.8 Å². The first kappa shape index (κ1) is 25.0. The van der Waals surface area contributed by atoms with Crippen molar-refractivity contribution in [3.8, 4) is 0 Å². The second-order valence-corrected chi connectivity index (χ2v) is 8.33. The largest absolute Gasteiger partial charge is 0.461 e. The molecule has 4 aromatic rings. The van der Waals surface area contributed by atoms with Crippen LogP contribution in [0.15, 0.2) is 65.6 Å². The summed E-state index contributed by atoms with van der Waals surface area (Å²) in [6.07, 6.45) is 0. The zero-order chi connectivity index (χ0) is 24.5. The Balaban J connectivity index is 0.000000192. The first-order valence-corrected chi connectivity index (χ1v) is 12.0. The molecule has 2 N–H and O–H groups in total. The van der Waals surface area contributed by atoms with Crippen LogP contribution in [0.5, 0.6) is 0 Å². The molecule has 2 aromatic heterocycles. The van der Waals surface area contributed by atoms with Crippen molar-refractivity contribution in [3.63, 3.8) is 0 Å². The van der Waals surface area contributed by atoms with E-state index in [1.54, 1.807) is 31.7 Å². The SMILES string of the molecule is CCOC(=O)c1nc2ccccc2cc1N.CCOC(=O)c1nc2ccccc2cc1SCC. The maximum Gasteiger partial charge on any atom is 0.359 e. The molecule has 0 bridgehead atoms. The molecule has 0 radical (unpaired) electrons. The normalized spacial score (nSPS) is 10.4. The number of carbonyl (C=O) groups excluding carboxylic acids is 2. The Morgan fingerprint density at radius 1 is 0.794 bits per heavy atom. The molecule has 7 nitrogen and oxygen atoms in total. The molecule has 0 unspecified atom stereocenters. The Labute approximate surface area is 202 Å². The third kappa shape index (κ3) is 6.02. The van der Waals surface area contributed by atoms with Crippen molar-refractivity contribution in [2.45, 2.75) is 25.7 Å². The lowest BCUT2D eigenvalue weighted by Gasteiger charge is -2.08. The number of nitrogen functional groups attached to an aromatic ring is 1. The summed E-state index contributed by atoms with van der Waals surface area (Å²) in [4.78, 5) is 32.9. The third-order valence-electron chi connectivity index (χ3n) is 4.68. The zero-order valence-corrected chi connectivity index (χ0v) is 20.2. The van der Waals surface area contributed by atoms with E-state index in [1.807, 2.05) is 54.6 Å². The van der Waals surface area contributed by atoms with Gasteiger partial charge in [-0.15, -0.1) is 11.8 Å². The molecule has 0 saturated carbocycles. The minimum absolute atomic E-state index is 0.181. The summed E-state index contributed by atoms with van der Waals surface area (Å²) in [6.45, 7) is 6.27. The molecule has 176 valence electrons. The molecule has 4 rings (SSSR count). The summed E-state index contributed by atoms with van der Waals surface area (Å²) in [7, 11) is 0. The monoisotopic (exact) mass is 477 g/mol. The molecule has 2 aromatic carbocycles. The van der Waals surface area contributed by atoms with Crippen LogP contribution in [0.1, 0.15) is 41.7 Å². The van der Waals surface area contributed by atoms with Crippen molar-refractivity contribution < 1.29 is 19.1 Å². The van der Waals surface area contributed by atoms with E-state index in [-0.39, 0.29) is 11.7 Å². The fraction of sp³-hybridized carbons (Fsp3) is 0.231. The van der Waals surface area contributed by atoms with Crippen LogP contribution in [0.3, 0.4) is 0 Å². The van der Waals surface area contributed by atoms with Gasteiger partial charge in [0.15, 0.2) is 11.4 Å². The third-order valence-corrected chi connectivity index (χ3v) is 5.59. The Bertz CT molecular complexity index is 1310. The minimum atomic E-state index is -0.481. The second kappa shape index (κ2) is 12.0. The number of nitrogens with two attached hydrogens (primary N) is 1. The minimum Gasteiger partial charge on any atom is -0.461 e. The number of benzene rings is 2. The van der Waals surface area contributed by atoms with Crippen molar-refractivity contribution in [1.82, 2.24) is 9.97 Å². The van der Waals surface area contributed by atoms with Crippen LogP contribution in [0.25, 0.3) is 21.8 Å². The fourth-order valence-electron chi connectivity index (χ4n) is 3.20. The number of thioether (sulfide) groups is 1. The highest BCUT2D eigenvalue weighted by Crippen LogP contribution is 2.26. The molecule has 0 amide bonds. The number of rotatable bonds is 6. The fourth-order valence-corrected chi connectivity index (χ4v) is 3.99. The van der Waals surface area contributed by atoms with E-state index in [0.29, 0.717) is 24.6 Å². The Morgan fingerprint density at radius 2 is 1.29 bits per heavy atom. The molecule has 0 fully saturated rings. The van der Waals surface area contributed by atoms with Gasteiger partial charge in [0, 0.05) is 15.7 Å². The van der Waals surface area contributed by atoms with Gasteiger partial charge < -0.3 is 15.2 Å². The quantitative estimate of drug-likeness (QED) is 0.286. The Morgan fingerprint density at radius 3 is 1.85 bits per heavy atom. The predicted octanol–water partition coefficient (Wildman–Crippen LogP) is 5.52. The summed E-state index contributed by atoms with van der Waals surface area (Å²) >= 11 is 1.61. The van der Waals surface area contributed by atoms with Gasteiger partial charge in [0.2, 0.25) is 0 Å². The van der Waals surface area contributed by atoms with Gasteiger partial charge in [0.05, 0.1) is 29.9 Å². The van der Waals surface area contributed by atoms with Crippen LogP contribution in [-0.4, -0.2) is 40.9 Å². The van der Waals surface area contributed by atoms with Crippen LogP contribution < -0.4 is 5.73 Å². The van der Waals surface area contributed by atoms with Gasteiger partial charge >= 0.3 is 11.9 Å². The maximum atomic E-state index is 11.9. The topological polar surface area (TPSA) is 104 Å². The first-order chi connectivity index (χ1) is 16.5. The molecule has 0 aliphatic heterocycles. The lowest BCUT2D eigenvalue weighted by molar-refractivity contribution is 0.0508. The number of fused-ring (bicyclic) bond motifs is 2. The number of hydrogen-bond donors (Lipinski definition) is 1. The summed E-state index contributed by atoms with van der Waals surface area (Å²) in [5, 5.41) is 1.95. The predicted molar refractivity (Wildman–Crippen MR) is 136 cm³/mol. The van der Waals surface area contributed by atoms with Gasteiger partial charge in [-0.2, -0.15) is 0 Å². The van der Waals surface area contributed by atoms with Gasteiger partial charge in [-0.1, -0.05) is 43.3 Å². The van der Waals surface area contributed by atoms with Crippen molar-refractivity contribution >= 4 is 51.2 Å². The van der Waals surface area contributed by atoms with Crippen molar-refractivity contribution in [1.29, 1.82) is 0 Å². The van der Waals surface area contributed by atoms with Gasteiger partial charge in [0.1, 0.15) is 0 Å². The van der Waals surface area contributed by atoms with E-state index in [0.717, 1.165) is 32.5 Å².